The lowest BCUT2D eigenvalue weighted by molar-refractivity contribution is -0.129. The standard InChI is InChI=1S/C32H41F2N7O3/c1-20(42)39-16-11-27-25(19-39)30(36-41(27)22-8-14-38(15-9-22)31(43)44-32(2,3)4)40-12-6-7-21-17-23(26-10-13-37(5)35-26)24(29(33)34)18-28(21)40/h10,13,17-18,22,29H,6-9,11-12,14-16,19H2,1-5H3. The maximum atomic E-state index is 14.5. The predicted octanol–water partition coefficient (Wildman–Crippen LogP) is 5.78. The third kappa shape index (κ3) is 5.78. The van der Waals surface area contributed by atoms with Crippen LogP contribution in [0.3, 0.4) is 0 Å². The number of carbonyl (C=O) groups is 2. The maximum Gasteiger partial charge on any atom is 0.410 e. The monoisotopic (exact) mass is 609 g/mol. The van der Waals surface area contributed by atoms with Crippen molar-refractivity contribution in [2.45, 2.75) is 84.4 Å². The first-order valence-electron chi connectivity index (χ1n) is 15.5. The normalized spacial score (nSPS) is 17.6. The van der Waals surface area contributed by atoms with Crippen molar-refractivity contribution < 1.29 is 23.1 Å². The van der Waals surface area contributed by atoms with Gasteiger partial charge >= 0.3 is 6.09 Å². The van der Waals surface area contributed by atoms with Crippen molar-refractivity contribution in [2.75, 3.05) is 31.1 Å². The molecule has 0 bridgehead atoms. The Morgan fingerprint density at radius 1 is 1.02 bits per heavy atom. The van der Waals surface area contributed by atoms with Gasteiger partial charge in [0.05, 0.1) is 18.3 Å². The summed E-state index contributed by atoms with van der Waals surface area (Å²) >= 11 is 0. The first-order chi connectivity index (χ1) is 20.9. The van der Waals surface area contributed by atoms with Gasteiger partial charge in [-0.3, -0.25) is 14.2 Å². The molecule has 0 atom stereocenters. The summed E-state index contributed by atoms with van der Waals surface area (Å²) in [5.74, 6) is 0.728. The molecule has 0 radical (unpaired) electrons. The smallest absolute Gasteiger partial charge is 0.410 e. The van der Waals surface area contributed by atoms with Crippen LogP contribution in [0.25, 0.3) is 11.3 Å². The average Bonchev–Trinajstić information content (AvgIpc) is 3.58. The van der Waals surface area contributed by atoms with Gasteiger partial charge in [0.15, 0.2) is 5.82 Å². The fourth-order valence-corrected chi connectivity index (χ4v) is 6.67. The lowest BCUT2D eigenvalue weighted by atomic mass is 9.93. The fraction of sp³-hybridized carbons (Fsp3) is 0.562. The molecular weight excluding hydrogens is 568 g/mol. The van der Waals surface area contributed by atoms with Crippen LogP contribution in [-0.4, -0.2) is 73.1 Å². The highest BCUT2D eigenvalue weighted by molar-refractivity contribution is 5.77. The van der Waals surface area contributed by atoms with Gasteiger partial charge in [-0.2, -0.15) is 10.2 Å². The van der Waals surface area contributed by atoms with E-state index in [2.05, 4.69) is 14.7 Å². The molecule has 44 heavy (non-hydrogen) atoms. The van der Waals surface area contributed by atoms with Gasteiger partial charge in [-0.25, -0.2) is 13.6 Å². The van der Waals surface area contributed by atoms with E-state index in [9.17, 15) is 18.4 Å². The second-order valence-corrected chi connectivity index (χ2v) is 13.1. The number of aryl methyl sites for hydroxylation is 2. The van der Waals surface area contributed by atoms with Crippen molar-refractivity contribution in [1.29, 1.82) is 0 Å². The molecule has 5 heterocycles. The number of carbonyl (C=O) groups excluding carboxylic acids is 2. The van der Waals surface area contributed by atoms with Gasteiger partial charge < -0.3 is 19.4 Å². The third-order valence-electron chi connectivity index (χ3n) is 8.82. The molecule has 6 rings (SSSR count). The lowest BCUT2D eigenvalue weighted by Gasteiger charge is -2.34. The van der Waals surface area contributed by atoms with Gasteiger partial charge in [-0.15, -0.1) is 0 Å². The molecule has 0 saturated carbocycles. The van der Waals surface area contributed by atoms with E-state index in [-0.39, 0.29) is 23.6 Å². The lowest BCUT2D eigenvalue weighted by Crippen LogP contribution is -2.42. The van der Waals surface area contributed by atoms with Crippen LogP contribution in [0.15, 0.2) is 24.4 Å². The summed E-state index contributed by atoms with van der Waals surface area (Å²) in [5.41, 5.74) is 4.14. The molecule has 0 N–H and O–H groups in total. The van der Waals surface area contributed by atoms with E-state index in [1.54, 1.807) is 41.9 Å². The first-order valence-corrected chi connectivity index (χ1v) is 15.5. The van der Waals surface area contributed by atoms with Crippen LogP contribution >= 0.6 is 0 Å². The minimum absolute atomic E-state index is 0.000877. The summed E-state index contributed by atoms with van der Waals surface area (Å²) in [7, 11) is 1.77. The molecule has 3 aliphatic heterocycles. The summed E-state index contributed by atoms with van der Waals surface area (Å²) in [5, 5.41) is 9.59. The number of nitrogens with zero attached hydrogens (tertiary/aromatic N) is 7. The Bertz CT molecular complexity index is 1570. The number of likely N-dealkylation sites (tertiary alicyclic amines) is 1. The van der Waals surface area contributed by atoms with Crippen molar-refractivity contribution in [1.82, 2.24) is 29.4 Å². The average molecular weight is 610 g/mol. The van der Waals surface area contributed by atoms with Gasteiger partial charge in [0, 0.05) is 80.8 Å². The summed E-state index contributed by atoms with van der Waals surface area (Å²) in [6.07, 6.45) is 2.50. The number of rotatable bonds is 4. The zero-order valence-electron chi connectivity index (χ0n) is 26.1. The van der Waals surface area contributed by atoms with Crippen molar-refractivity contribution >= 4 is 23.5 Å². The SMILES string of the molecule is CC(=O)N1CCc2c(c(N3CCCc4cc(-c5ccn(C)n5)c(C(F)F)cc43)nn2C2CCN(C(=O)OC(C)(C)C)CC2)C1. The van der Waals surface area contributed by atoms with Crippen LogP contribution in [0.2, 0.25) is 0 Å². The van der Waals surface area contributed by atoms with Crippen LogP contribution in [0.4, 0.5) is 25.1 Å². The van der Waals surface area contributed by atoms with E-state index in [1.165, 1.54) is 0 Å². The Kier molecular flexibility index (Phi) is 7.87. The molecule has 236 valence electrons. The zero-order valence-corrected chi connectivity index (χ0v) is 26.1. The number of anilines is 2. The van der Waals surface area contributed by atoms with Crippen molar-refractivity contribution in [3.8, 4) is 11.3 Å². The minimum Gasteiger partial charge on any atom is -0.444 e. The van der Waals surface area contributed by atoms with Crippen molar-refractivity contribution in [3.63, 3.8) is 0 Å². The molecule has 1 fully saturated rings. The molecule has 10 nitrogen and oxygen atoms in total. The van der Waals surface area contributed by atoms with E-state index in [4.69, 9.17) is 9.84 Å². The number of hydrogen-bond donors (Lipinski definition) is 0. The van der Waals surface area contributed by atoms with Crippen molar-refractivity contribution in [3.05, 3.63) is 46.8 Å². The molecule has 2 aromatic heterocycles. The van der Waals surface area contributed by atoms with Gasteiger partial charge in [0.1, 0.15) is 5.60 Å². The quantitative estimate of drug-likeness (QED) is 0.373. The second-order valence-electron chi connectivity index (χ2n) is 13.1. The highest BCUT2D eigenvalue weighted by Gasteiger charge is 2.35. The summed E-state index contributed by atoms with van der Waals surface area (Å²) in [6, 6.07) is 5.31. The Hall–Kier alpha value is -3.96. The zero-order chi connectivity index (χ0) is 31.3. The molecule has 0 spiro atoms. The predicted molar refractivity (Wildman–Crippen MR) is 162 cm³/mol. The van der Waals surface area contributed by atoms with E-state index in [0.29, 0.717) is 50.4 Å². The highest BCUT2D eigenvalue weighted by atomic mass is 19.3. The molecule has 0 unspecified atom stereocenters. The summed E-state index contributed by atoms with van der Waals surface area (Å²) in [6.45, 7) is 9.95. The largest absolute Gasteiger partial charge is 0.444 e. The molecule has 1 aromatic carbocycles. The van der Waals surface area contributed by atoms with E-state index in [1.807, 2.05) is 31.7 Å². The fourth-order valence-electron chi connectivity index (χ4n) is 6.67. The second kappa shape index (κ2) is 11.5. The van der Waals surface area contributed by atoms with Crippen LogP contribution in [0.5, 0.6) is 0 Å². The Labute approximate surface area is 256 Å². The molecule has 3 aromatic rings. The van der Waals surface area contributed by atoms with Gasteiger partial charge in [0.25, 0.3) is 6.43 Å². The number of ether oxygens (including phenoxy) is 1. The van der Waals surface area contributed by atoms with Gasteiger partial charge in [0.2, 0.25) is 5.91 Å². The molecule has 3 aliphatic rings. The number of amides is 2. The Balaban J connectivity index is 1.36. The Morgan fingerprint density at radius 3 is 2.41 bits per heavy atom. The summed E-state index contributed by atoms with van der Waals surface area (Å²) < 4.78 is 38.3. The molecule has 1 saturated heterocycles. The topological polar surface area (TPSA) is 88.7 Å². The number of fused-ring (bicyclic) bond motifs is 2. The first kappa shape index (κ1) is 30.1. The van der Waals surface area contributed by atoms with Crippen LogP contribution in [-0.2, 0) is 36.0 Å². The number of halogens is 2. The number of hydrogen-bond acceptors (Lipinski definition) is 6. The molecular formula is C32H41F2N7O3. The van der Waals surface area contributed by atoms with Crippen LogP contribution in [0.1, 0.15) is 81.8 Å². The molecule has 2 amide bonds. The van der Waals surface area contributed by atoms with Gasteiger partial charge in [-0.05, 0) is 70.2 Å². The number of benzene rings is 1. The van der Waals surface area contributed by atoms with Crippen molar-refractivity contribution in [2.24, 2.45) is 7.05 Å². The van der Waals surface area contributed by atoms with E-state index in [0.717, 1.165) is 54.0 Å². The number of alkyl halides is 2. The molecule has 0 aliphatic carbocycles. The third-order valence-corrected chi connectivity index (χ3v) is 8.82. The maximum absolute atomic E-state index is 14.5. The van der Waals surface area contributed by atoms with E-state index >= 15 is 0 Å². The van der Waals surface area contributed by atoms with Crippen LogP contribution in [0, 0.1) is 0 Å². The summed E-state index contributed by atoms with van der Waals surface area (Å²) in [4.78, 5) is 30.8. The van der Waals surface area contributed by atoms with E-state index < -0.39 is 12.0 Å². The van der Waals surface area contributed by atoms with Gasteiger partial charge in [-0.1, -0.05) is 0 Å². The highest BCUT2D eigenvalue weighted by Crippen LogP contribution is 2.43. The number of aromatic nitrogens is 4. The minimum atomic E-state index is -2.67. The Morgan fingerprint density at radius 2 is 1.77 bits per heavy atom. The molecule has 12 heteroatoms. The number of piperidine rings is 1. The van der Waals surface area contributed by atoms with Crippen LogP contribution < -0.4 is 4.90 Å².